The van der Waals surface area contributed by atoms with Crippen molar-refractivity contribution in [1.29, 1.82) is 0 Å². The molecular formula is C15H13BrF3N3O2S. The van der Waals surface area contributed by atoms with Crippen molar-refractivity contribution in [3.8, 4) is 0 Å². The molecule has 2 aromatic rings. The summed E-state index contributed by atoms with van der Waals surface area (Å²) in [7, 11) is 1.59. The van der Waals surface area contributed by atoms with Gasteiger partial charge in [-0.1, -0.05) is 45.9 Å². The smallest absolute Gasteiger partial charge is 0.341 e. The average Bonchev–Trinajstić information content (AvgIpc) is 2.53. The van der Waals surface area contributed by atoms with Crippen LogP contribution in [-0.2, 0) is 17.5 Å². The minimum atomic E-state index is -4.72. The number of hydrogen-bond acceptors (Lipinski definition) is 4. The number of amides is 1. The number of H-pyrrole nitrogens is 1. The normalized spacial score (nSPS) is 11.4. The van der Waals surface area contributed by atoms with Gasteiger partial charge in [-0.15, -0.1) is 0 Å². The Labute approximate surface area is 153 Å². The Morgan fingerprint density at radius 2 is 2.04 bits per heavy atom. The highest BCUT2D eigenvalue weighted by molar-refractivity contribution is 9.10. The minimum Gasteiger partial charge on any atom is -0.341 e. The van der Waals surface area contributed by atoms with Gasteiger partial charge in [0.05, 0.1) is 5.75 Å². The summed E-state index contributed by atoms with van der Waals surface area (Å²) in [5, 5.41) is -0.248. The molecule has 10 heteroatoms. The molecule has 0 fully saturated rings. The van der Waals surface area contributed by atoms with E-state index in [9.17, 15) is 22.8 Å². The van der Waals surface area contributed by atoms with E-state index in [1.807, 2.05) is 24.3 Å². The van der Waals surface area contributed by atoms with Crippen molar-refractivity contribution in [3.05, 3.63) is 56.4 Å². The molecule has 1 N–H and O–H groups in total. The molecule has 2 rings (SSSR count). The number of benzene rings is 1. The van der Waals surface area contributed by atoms with Crippen LogP contribution >= 0.6 is 27.7 Å². The van der Waals surface area contributed by atoms with Crippen molar-refractivity contribution in [1.82, 2.24) is 14.9 Å². The van der Waals surface area contributed by atoms with E-state index < -0.39 is 17.4 Å². The SMILES string of the molecule is CN(Cc1ccccc1Br)C(=O)CSc1nc(C(F)(F)F)cc(=O)[nH]1. The maximum absolute atomic E-state index is 12.7. The first-order valence-corrected chi connectivity index (χ1v) is 8.73. The Hall–Kier alpha value is -1.81. The number of hydrogen-bond donors (Lipinski definition) is 1. The van der Waals surface area contributed by atoms with Gasteiger partial charge in [-0.2, -0.15) is 13.2 Å². The van der Waals surface area contributed by atoms with Gasteiger partial charge in [0.25, 0.3) is 5.56 Å². The molecule has 0 unspecified atom stereocenters. The van der Waals surface area contributed by atoms with Gasteiger partial charge < -0.3 is 9.88 Å². The van der Waals surface area contributed by atoms with Crippen LogP contribution < -0.4 is 5.56 Å². The van der Waals surface area contributed by atoms with E-state index in [1.165, 1.54) is 4.90 Å². The van der Waals surface area contributed by atoms with Crippen molar-refractivity contribution in [2.24, 2.45) is 0 Å². The first-order chi connectivity index (χ1) is 11.7. The number of carbonyl (C=O) groups is 1. The van der Waals surface area contributed by atoms with Crippen LogP contribution in [-0.4, -0.2) is 33.6 Å². The van der Waals surface area contributed by atoms with E-state index in [2.05, 4.69) is 25.9 Å². The Balaban J connectivity index is 2.01. The molecule has 1 heterocycles. The van der Waals surface area contributed by atoms with E-state index in [1.54, 1.807) is 7.05 Å². The summed E-state index contributed by atoms with van der Waals surface area (Å²) in [6, 6.07) is 7.77. The summed E-state index contributed by atoms with van der Waals surface area (Å²) in [6.07, 6.45) is -4.72. The molecule has 1 amide bonds. The third kappa shape index (κ3) is 5.60. The number of aromatic amines is 1. The van der Waals surface area contributed by atoms with Gasteiger partial charge >= 0.3 is 6.18 Å². The average molecular weight is 436 g/mol. The molecule has 134 valence electrons. The summed E-state index contributed by atoms with van der Waals surface area (Å²) >= 11 is 4.13. The van der Waals surface area contributed by atoms with Crippen molar-refractivity contribution < 1.29 is 18.0 Å². The van der Waals surface area contributed by atoms with Gasteiger partial charge in [0.15, 0.2) is 10.9 Å². The molecule has 1 aromatic carbocycles. The Morgan fingerprint density at radius 1 is 1.36 bits per heavy atom. The van der Waals surface area contributed by atoms with Crippen molar-refractivity contribution >= 4 is 33.6 Å². The lowest BCUT2D eigenvalue weighted by Gasteiger charge is -2.17. The van der Waals surface area contributed by atoms with Gasteiger partial charge in [-0.05, 0) is 11.6 Å². The highest BCUT2D eigenvalue weighted by Gasteiger charge is 2.33. The molecule has 25 heavy (non-hydrogen) atoms. The minimum absolute atomic E-state index is 0.148. The molecule has 0 aliphatic carbocycles. The van der Waals surface area contributed by atoms with Gasteiger partial charge in [-0.25, -0.2) is 4.98 Å². The molecule has 0 saturated heterocycles. The quantitative estimate of drug-likeness (QED) is 0.577. The van der Waals surface area contributed by atoms with Gasteiger partial charge in [0, 0.05) is 24.1 Å². The first-order valence-electron chi connectivity index (χ1n) is 6.95. The van der Waals surface area contributed by atoms with Crippen molar-refractivity contribution in [2.45, 2.75) is 17.9 Å². The summed E-state index contributed by atoms with van der Waals surface area (Å²) in [4.78, 5) is 30.4. The van der Waals surface area contributed by atoms with Crippen LogP contribution in [0.2, 0.25) is 0 Å². The van der Waals surface area contributed by atoms with Crippen LogP contribution in [0.25, 0.3) is 0 Å². The lowest BCUT2D eigenvalue weighted by atomic mass is 10.2. The number of carbonyl (C=O) groups excluding carboxylic acids is 1. The summed E-state index contributed by atoms with van der Waals surface area (Å²) in [5.41, 5.74) is -1.31. The van der Waals surface area contributed by atoms with Crippen LogP contribution in [0.4, 0.5) is 13.2 Å². The van der Waals surface area contributed by atoms with E-state index >= 15 is 0 Å². The van der Waals surface area contributed by atoms with E-state index in [0.29, 0.717) is 12.6 Å². The third-order valence-corrected chi connectivity index (χ3v) is 4.77. The zero-order chi connectivity index (χ0) is 18.6. The van der Waals surface area contributed by atoms with Gasteiger partial charge in [0.1, 0.15) is 0 Å². The van der Waals surface area contributed by atoms with E-state index in [-0.39, 0.29) is 16.8 Å². The zero-order valence-corrected chi connectivity index (χ0v) is 15.3. The van der Waals surface area contributed by atoms with Gasteiger partial charge in [0.2, 0.25) is 5.91 Å². The molecule has 5 nitrogen and oxygen atoms in total. The van der Waals surface area contributed by atoms with Crippen LogP contribution in [0.3, 0.4) is 0 Å². The predicted octanol–water partition coefficient (Wildman–Crippen LogP) is 3.30. The monoisotopic (exact) mass is 435 g/mol. The summed E-state index contributed by atoms with van der Waals surface area (Å²) in [5.74, 6) is -0.452. The van der Waals surface area contributed by atoms with Crippen LogP contribution in [0, 0.1) is 0 Å². The fourth-order valence-corrected chi connectivity index (χ4v) is 3.09. The summed E-state index contributed by atoms with van der Waals surface area (Å²) in [6.45, 7) is 0.341. The van der Waals surface area contributed by atoms with Gasteiger partial charge in [-0.3, -0.25) is 9.59 Å². The highest BCUT2D eigenvalue weighted by atomic mass is 79.9. The van der Waals surface area contributed by atoms with Crippen molar-refractivity contribution in [3.63, 3.8) is 0 Å². The second-order valence-electron chi connectivity index (χ2n) is 5.06. The largest absolute Gasteiger partial charge is 0.433 e. The van der Waals surface area contributed by atoms with E-state index in [4.69, 9.17) is 0 Å². The topological polar surface area (TPSA) is 66.1 Å². The standard InChI is InChI=1S/C15H13BrF3N3O2S/c1-22(7-9-4-2-3-5-10(9)16)13(24)8-25-14-20-11(15(17,18)19)6-12(23)21-14/h2-6H,7-8H2,1H3,(H,20,21,23). The van der Waals surface area contributed by atoms with Crippen molar-refractivity contribution in [2.75, 3.05) is 12.8 Å². The fraction of sp³-hybridized carbons (Fsp3) is 0.267. The molecule has 1 aromatic heterocycles. The molecule has 0 atom stereocenters. The number of thioether (sulfide) groups is 1. The highest BCUT2D eigenvalue weighted by Crippen LogP contribution is 2.27. The van der Waals surface area contributed by atoms with Crippen LogP contribution in [0.5, 0.6) is 0 Å². The van der Waals surface area contributed by atoms with Crippen LogP contribution in [0.1, 0.15) is 11.3 Å². The second-order valence-corrected chi connectivity index (χ2v) is 6.88. The molecule has 0 spiro atoms. The molecule has 0 saturated carbocycles. The predicted molar refractivity (Wildman–Crippen MR) is 91.2 cm³/mol. The Bertz CT molecular complexity index is 826. The lowest BCUT2D eigenvalue weighted by Crippen LogP contribution is -2.28. The van der Waals surface area contributed by atoms with Crippen LogP contribution in [0.15, 0.2) is 44.8 Å². The third-order valence-electron chi connectivity index (χ3n) is 3.13. The second kappa shape index (κ2) is 8.05. The maximum Gasteiger partial charge on any atom is 0.433 e. The lowest BCUT2D eigenvalue weighted by molar-refractivity contribution is -0.141. The Morgan fingerprint density at radius 3 is 2.68 bits per heavy atom. The molecule has 0 bridgehead atoms. The molecular weight excluding hydrogens is 423 g/mol. The summed E-state index contributed by atoms with van der Waals surface area (Å²) < 4.78 is 38.8. The number of halogens is 4. The Kier molecular flexibility index (Phi) is 6.28. The first kappa shape index (κ1) is 19.5. The number of aromatic nitrogens is 2. The number of nitrogens with zero attached hydrogens (tertiary/aromatic N) is 2. The molecule has 0 aliphatic heterocycles. The number of alkyl halides is 3. The number of rotatable bonds is 5. The molecule has 0 radical (unpaired) electrons. The van der Waals surface area contributed by atoms with E-state index in [0.717, 1.165) is 21.8 Å². The fourth-order valence-electron chi connectivity index (χ4n) is 1.86. The molecule has 0 aliphatic rings. The maximum atomic E-state index is 12.7. The number of nitrogens with one attached hydrogen (secondary N) is 1. The zero-order valence-electron chi connectivity index (χ0n) is 12.9.